The van der Waals surface area contributed by atoms with Crippen molar-refractivity contribution in [1.82, 2.24) is 15.1 Å². The van der Waals surface area contributed by atoms with Crippen molar-refractivity contribution in [2.75, 3.05) is 50.7 Å². The Balaban J connectivity index is 1.12. The van der Waals surface area contributed by atoms with Crippen LogP contribution in [0.5, 0.6) is 0 Å². The third-order valence-electron chi connectivity index (χ3n) is 8.14. The van der Waals surface area contributed by atoms with Crippen LogP contribution in [-0.2, 0) is 14.4 Å². The van der Waals surface area contributed by atoms with Gasteiger partial charge < -0.3 is 15.1 Å². The zero-order valence-corrected chi connectivity index (χ0v) is 21.3. The number of carbonyl (C=O) groups is 3. The Kier molecular flexibility index (Phi) is 9.18. The highest BCUT2D eigenvalue weighted by Gasteiger charge is 2.35. The van der Waals surface area contributed by atoms with Gasteiger partial charge in [-0.05, 0) is 43.7 Å². The number of rotatable bonds is 9. The summed E-state index contributed by atoms with van der Waals surface area (Å²) in [6.07, 6.45) is 8.72. The smallest absolute Gasteiger partial charge is 0.227 e. The van der Waals surface area contributed by atoms with E-state index >= 15 is 0 Å². The molecule has 1 aromatic rings. The molecule has 0 aromatic heterocycles. The lowest BCUT2D eigenvalue weighted by molar-refractivity contribution is -0.138. The molecular weight excluding hydrogens is 440 g/mol. The number of carbonyl (C=O) groups excluding carboxylic acids is 3. The molecule has 192 valence electrons. The van der Waals surface area contributed by atoms with Gasteiger partial charge in [0.25, 0.3) is 0 Å². The van der Waals surface area contributed by atoms with Crippen molar-refractivity contribution in [3.05, 3.63) is 30.3 Å². The number of unbranched alkanes of at least 4 members (excludes halogenated alkanes) is 1. The number of anilines is 1. The molecule has 2 heterocycles. The van der Waals surface area contributed by atoms with Crippen LogP contribution in [0.4, 0.5) is 5.69 Å². The molecule has 3 aliphatic rings. The van der Waals surface area contributed by atoms with Crippen molar-refractivity contribution >= 4 is 23.4 Å². The van der Waals surface area contributed by atoms with Crippen LogP contribution < -0.4 is 10.2 Å². The first-order valence-corrected chi connectivity index (χ1v) is 13.7. The SMILES string of the molecule is CCCCC1CCC(C(=O)N2CCN(CCNC(=O)C3CC(=O)N(c4ccccc4)C3)CC2)CC1. The summed E-state index contributed by atoms with van der Waals surface area (Å²) in [6, 6.07) is 9.54. The number of amides is 3. The largest absolute Gasteiger partial charge is 0.355 e. The minimum Gasteiger partial charge on any atom is -0.355 e. The van der Waals surface area contributed by atoms with E-state index in [0.29, 0.717) is 19.0 Å². The normalized spacial score (nSPS) is 25.6. The number of benzene rings is 1. The van der Waals surface area contributed by atoms with Crippen molar-refractivity contribution in [2.45, 2.75) is 58.3 Å². The van der Waals surface area contributed by atoms with Crippen molar-refractivity contribution in [1.29, 1.82) is 0 Å². The van der Waals surface area contributed by atoms with Gasteiger partial charge in [-0.2, -0.15) is 0 Å². The van der Waals surface area contributed by atoms with Gasteiger partial charge in [-0.3, -0.25) is 19.3 Å². The average molecular weight is 483 g/mol. The van der Waals surface area contributed by atoms with Gasteiger partial charge in [0.15, 0.2) is 0 Å². The molecule has 0 bridgehead atoms. The Labute approximate surface area is 210 Å². The second-order valence-electron chi connectivity index (χ2n) is 10.6. The minimum absolute atomic E-state index is 0.00610. The third-order valence-corrected chi connectivity index (χ3v) is 8.14. The molecule has 3 fully saturated rings. The Morgan fingerprint density at radius 1 is 0.971 bits per heavy atom. The van der Waals surface area contributed by atoms with E-state index in [1.165, 1.54) is 32.1 Å². The lowest BCUT2D eigenvalue weighted by atomic mass is 9.79. The van der Waals surface area contributed by atoms with Crippen molar-refractivity contribution < 1.29 is 14.4 Å². The van der Waals surface area contributed by atoms with Crippen LogP contribution in [0.3, 0.4) is 0 Å². The summed E-state index contributed by atoms with van der Waals surface area (Å²) in [5.74, 6) is 1.08. The number of para-hydroxylation sites is 1. The van der Waals surface area contributed by atoms with Crippen molar-refractivity contribution in [3.63, 3.8) is 0 Å². The average Bonchev–Trinajstić information content (AvgIpc) is 3.30. The first-order chi connectivity index (χ1) is 17.0. The number of hydrogen-bond acceptors (Lipinski definition) is 4. The van der Waals surface area contributed by atoms with Gasteiger partial charge in [0.1, 0.15) is 0 Å². The van der Waals surface area contributed by atoms with Crippen LogP contribution in [0, 0.1) is 17.8 Å². The maximum atomic E-state index is 13.0. The summed E-state index contributed by atoms with van der Waals surface area (Å²) in [4.78, 5) is 44.1. The quantitative estimate of drug-likeness (QED) is 0.586. The summed E-state index contributed by atoms with van der Waals surface area (Å²) in [7, 11) is 0. The van der Waals surface area contributed by atoms with Gasteiger partial charge in [0.2, 0.25) is 17.7 Å². The topological polar surface area (TPSA) is 73.0 Å². The highest BCUT2D eigenvalue weighted by Crippen LogP contribution is 2.33. The molecule has 1 unspecified atom stereocenters. The molecule has 2 saturated heterocycles. The third kappa shape index (κ3) is 6.84. The molecule has 2 aliphatic heterocycles. The Hall–Kier alpha value is -2.41. The molecule has 4 rings (SSSR count). The van der Waals surface area contributed by atoms with Gasteiger partial charge in [0.05, 0.1) is 5.92 Å². The zero-order chi connectivity index (χ0) is 24.6. The van der Waals surface area contributed by atoms with Gasteiger partial charge in [-0.15, -0.1) is 0 Å². The summed E-state index contributed by atoms with van der Waals surface area (Å²) >= 11 is 0. The van der Waals surface area contributed by atoms with Crippen molar-refractivity contribution in [2.24, 2.45) is 17.8 Å². The molecule has 7 nitrogen and oxygen atoms in total. The maximum Gasteiger partial charge on any atom is 0.227 e. The van der Waals surface area contributed by atoms with Gasteiger partial charge in [-0.25, -0.2) is 0 Å². The first kappa shape index (κ1) is 25.7. The summed E-state index contributed by atoms with van der Waals surface area (Å²) in [5.41, 5.74) is 0.852. The Bertz CT molecular complexity index is 845. The number of hydrogen-bond donors (Lipinski definition) is 1. The second-order valence-corrected chi connectivity index (χ2v) is 10.6. The fourth-order valence-electron chi connectivity index (χ4n) is 5.86. The predicted molar refractivity (Wildman–Crippen MR) is 138 cm³/mol. The summed E-state index contributed by atoms with van der Waals surface area (Å²) in [5, 5.41) is 3.03. The predicted octanol–water partition coefficient (Wildman–Crippen LogP) is 3.30. The summed E-state index contributed by atoms with van der Waals surface area (Å²) in [6.45, 7) is 7.33. The Morgan fingerprint density at radius 2 is 1.69 bits per heavy atom. The van der Waals surface area contributed by atoms with Crippen LogP contribution in [0.2, 0.25) is 0 Å². The van der Waals surface area contributed by atoms with E-state index in [2.05, 4.69) is 22.0 Å². The van der Waals surface area contributed by atoms with E-state index in [-0.39, 0.29) is 30.1 Å². The van der Waals surface area contributed by atoms with Crippen LogP contribution >= 0.6 is 0 Å². The number of piperazine rings is 1. The molecule has 3 amide bonds. The van der Waals surface area contributed by atoms with Gasteiger partial charge in [0, 0.05) is 63.8 Å². The molecule has 7 heteroatoms. The monoisotopic (exact) mass is 482 g/mol. The van der Waals surface area contributed by atoms with Crippen LogP contribution in [0.15, 0.2) is 30.3 Å². The van der Waals surface area contributed by atoms with Crippen LogP contribution in [-0.4, -0.2) is 73.3 Å². The number of nitrogens with one attached hydrogen (secondary N) is 1. The van der Waals surface area contributed by atoms with E-state index in [9.17, 15) is 14.4 Å². The zero-order valence-electron chi connectivity index (χ0n) is 21.3. The van der Waals surface area contributed by atoms with E-state index in [1.807, 2.05) is 30.3 Å². The first-order valence-electron chi connectivity index (χ1n) is 13.7. The molecular formula is C28H42N4O3. The van der Waals surface area contributed by atoms with E-state index < -0.39 is 0 Å². The highest BCUT2D eigenvalue weighted by atomic mass is 16.2. The lowest BCUT2D eigenvalue weighted by Gasteiger charge is -2.38. The highest BCUT2D eigenvalue weighted by molar-refractivity contribution is 6.00. The fourth-order valence-corrected chi connectivity index (χ4v) is 5.86. The van der Waals surface area contributed by atoms with E-state index in [1.54, 1.807) is 4.90 Å². The number of nitrogens with zero attached hydrogens (tertiary/aromatic N) is 3. The molecule has 1 aromatic carbocycles. The van der Waals surface area contributed by atoms with E-state index in [4.69, 9.17) is 0 Å². The molecule has 1 N–H and O–H groups in total. The molecule has 1 saturated carbocycles. The van der Waals surface area contributed by atoms with Crippen LogP contribution in [0.25, 0.3) is 0 Å². The minimum atomic E-state index is -0.297. The molecule has 0 radical (unpaired) electrons. The molecule has 0 spiro atoms. The fraction of sp³-hybridized carbons (Fsp3) is 0.679. The second kappa shape index (κ2) is 12.5. The van der Waals surface area contributed by atoms with Gasteiger partial charge >= 0.3 is 0 Å². The lowest BCUT2D eigenvalue weighted by Crippen LogP contribution is -2.52. The standard InChI is InChI=1S/C28H42N4O3/c1-2-3-7-22-10-12-23(13-11-22)28(35)31-18-16-30(17-19-31)15-14-29-27(34)24-20-26(33)32(21-24)25-8-5-4-6-9-25/h4-6,8-9,22-24H,2-3,7,10-21H2,1H3,(H,29,34). The van der Waals surface area contributed by atoms with Crippen LogP contribution in [0.1, 0.15) is 58.3 Å². The Morgan fingerprint density at radius 3 is 2.37 bits per heavy atom. The molecule has 1 aliphatic carbocycles. The molecule has 1 atom stereocenters. The maximum absolute atomic E-state index is 13.0. The van der Waals surface area contributed by atoms with Gasteiger partial charge in [-0.1, -0.05) is 44.4 Å². The summed E-state index contributed by atoms with van der Waals surface area (Å²) < 4.78 is 0. The van der Waals surface area contributed by atoms with E-state index in [0.717, 1.165) is 57.2 Å². The molecule has 35 heavy (non-hydrogen) atoms. The van der Waals surface area contributed by atoms with Crippen molar-refractivity contribution in [3.8, 4) is 0 Å².